The molecule has 0 aromatic heterocycles. The topological polar surface area (TPSA) is 106 Å². The van der Waals surface area contributed by atoms with Crippen LogP contribution in [0.15, 0.2) is 29.2 Å². The fraction of sp³-hybridized carbons (Fsp3) is 0.333. The minimum absolute atomic E-state index is 0.0884. The molecule has 0 radical (unpaired) electrons. The summed E-state index contributed by atoms with van der Waals surface area (Å²) in [5, 5.41) is 0. The number of Topliss-reactive ketones (excluding diaryl/α,β-unsaturated/α-hetero) is 1. The molecule has 6 nitrogen and oxygen atoms in total. The molecule has 1 rings (SSSR count). The number of nitrogens with two attached hydrogens (primary N) is 1. The van der Waals surface area contributed by atoms with E-state index in [1.807, 2.05) is 0 Å². The van der Waals surface area contributed by atoms with Crippen molar-refractivity contribution in [2.24, 2.45) is 5.73 Å². The summed E-state index contributed by atoms with van der Waals surface area (Å²) in [7, 11) is -3.92. The highest BCUT2D eigenvalue weighted by Gasteiger charge is 2.31. The van der Waals surface area contributed by atoms with Gasteiger partial charge in [0.25, 0.3) is 0 Å². The van der Waals surface area contributed by atoms with Gasteiger partial charge in [0.15, 0.2) is 5.78 Å². The predicted octanol–water partition coefficient (Wildman–Crippen LogP) is 0.431. The Labute approximate surface area is 112 Å². The zero-order chi connectivity index (χ0) is 14.8. The molecule has 0 spiro atoms. The minimum Gasteiger partial charge on any atom is -0.368 e. The number of carbonyl (C=O) groups excluding carboxylic acids is 2. The summed E-state index contributed by atoms with van der Waals surface area (Å²) in [5.74, 6) is -1.04. The zero-order valence-electron chi connectivity index (χ0n) is 10.9. The summed E-state index contributed by atoms with van der Waals surface area (Å²) in [6, 6.07) is 5.57. The summed E-state index contributed by atoms with van der Waals surface area (Å²) in [6.07, 6.45) is 0. The van der Waals surface area contributed by atoms with Gasteiger partial charge < -0.3 is 5.73 Å². The lowest BCUT2D eigenvalue weighted by Crippen LogP contribution is -2.52. The van der Waals surface area contributed by atoms with Crippen LogP contribution in [-0.2, 0) is 14.8 Å². The number of carbonyl (C=O) groups is 2. The summed E-state index contributed by atoms with van der Waals surface area (Å²) in [6.45, 7) is 4.07. The summed E-state index contributed by atoms with van der Waals surface area (Å²) in [4.78, 5) is 22.3. The van der Waals surface area contributed by atoms with Gasteiger partial charge in [0, 0.05) is 5.56 Å². The number of benzene rings is 1. The molecule has 0 saturated carbocycles. The van der Waals surface area contributed by atoms with Crippen molar-refractivity contribution in [1.29, 1.82) is 0 Å². The van der Waals surface area contributed by atoms with Crippen molar-refractivity contribution in [2.75, 3.05) is 0 Å². The standard InChI is InChI=1S/C12H16N2O4S/c1-8(15)9-5-4-6-10(7-9)19(17,18)14-12(2,3)11(13)16/h4-7,14H,1-3H3,(H2,13,16). The highest BCUT2D eigenvalue weighted by atomic mass is 32.2. The first-order chi connectivity index (χ1) is 8.56. The second-order valence-corrected chi connectivity index (χ2v) is 6.36. The number of amides is 1. The third kappa shape index (κ3) is 3.62. The number of hydrogen-bond donors (Lipinski definition) is 2. The van der Waals surface area contributed by atoms with Crippen LogP contribution in [0.5, 0.6) is 0 Å². The Bertz CT molecular complexity index is 620. The maximum atomic E-state index is 12.1. The van der Waals surface area contributed by atoms with Gasteiger partial charge in [0.05, 0.1) is 4.90 Å². The van der Waals surface area contributed by atoms with Crippen LogP contribution in [0.1, 0.15) is 31.1 Å². The molecule has 3 N–H and O–H groups in total. The lowest BCUT2D eigenvalue weighted by molar-refractivity contribution is -0.122. The number of ketones is 1. The van der Waals surface area contributed by atoms with Gasteiger partial charge >= 0.3 is 0 Å². The Kier molecular flexibility index (Phi) is 4.12. The average Bonchev–Trinajstić information content (AvgIpc) is 2.27. The van der Waals surface area contributed by atoms with E-state index in [1.54, 1.807) is 0 Å². The normalized spacial score (nSPS) is 12.2. The average molecular weight is 284 g/mol. The van der Waals surface area contributed by atoms with Crippen LogP contribution in [0.25, 0.3) is 0 Å². The van der Waals surface area contributed by atoms with Crippen LogP contribution in [-0.4, -0.2) is 25.6 Å². The molecule has 7 heteroatoms. The molecule has 1 aromatic carbocycles. The van der Waals surface area contributed by atoms with E-state index in [2.05, 4.69) is 4.72 Å². The Hall–Kier alpha value is -1.73. The molecular weight excluding hydrogens is 268 g/mol. The molecule has 0 unspecified atom stereocenters. The molecule has 1 aromatic rings. The van der Waals surface area contributed by atoms with Gasteiger partial charge in [-0.2, -0.15) is 4.72 Å². The van der Waals surface area contributed by atoms with Crippen LogP contribution in [0.3, 0.4) is 0 Å². The van der Waals surface area contributed by atoms with E-state index in [4.69, 9.17) is 5.73 Å². The van der Waals surface area contributed by atoms with Crippen LogP contribution in [0, 0.1) is 0 Å². The van der Waals surface area contributed by atoms with E-state index >= 15 is 0 Å². The number of nitrogens with one attached hydrogen (secondary N) is 1. The Morgan fingerprint density at radius 2 is 1.84 bits per heavy atom. The van der Waals surface area contributed by atoms with E-state index in [-0.39, 0.29) is 16.2 Å². The number of sulfonamides is 1. The van der Waals surface area contributed by atoms with E-state index < -0.39 is 21.5 Å². The van der Waals surface area contributed by atoms with Gasteiger partial charge in [-0.1, -0.05) is 12.1 Å². The number of rotatable bonds is 5. The first kappa shape index (κ1) is 15.3. The Balaban J connectivity index is 3.18. The van der Waals surface area contributed by atoms with E-state index in [9.17, 15) is 18.0 Å². The molecule has 0 bridgehead atoms. The van der Waals surface area contributed by atoms with E-state index in [1.165, 1.54) is 45.0 Å². The molecule has 0 saturated heterocycles. The molecule has 104 valence electrons. The van der Waals surface area contributed by atoms with Crippen molar-refractivity contribution in [1.82, 2.24) is 4.72 Å². The van der Waals surface area contributed by atoms with Gasteiger partial charge in [-0.05, 0) is 32.9 Å². The largest absolute Gasteiger partial charge is 0.368 e. The first-order valence-corrected chi connectivity index (χ1v) is 6.99. The number of hydrogen-bond acceptors (Lipinski definition) is 4. The maximum Gasteiger partial charge on any atom is 0.241 e. The Morgan fingerprint density at radius 1 is 1.26 bits per heavy atom. The van der Waals surface area contributed by atoms with Crippen molar-refractivity contribution in [3.8, 4) is 0 Å². The lowest BCUT2D eigenvalue weighted by Gasteiger charge is -2.22. The number of primary amides is 1. The first-order valence-electron chi connectivity index (χ1n) is 5.51. The van der Waals surface area contributed by atoms with Crippen molar-refractivity contribution in [3.05, 3.63) is 29.8 Å². The summed E-state index contributed by atoms with van der Waals surface area (Å²) in [5.41, 5.74) is 3.98. The third-order valence-electron chi connectivity index (χ3n) is 2.56. The van der Waals surface area contributed by atoms with E-state index in [0.29, 0.717) is 0 Å². The SMILES string of the molecule is CC(=O)c1cccc(S(=O)(=O)NC(C)(C)C(N)=O)c1. The van der Waals surface area contributed by atoms with Crippen molar-refractivity contribution >= 4 is 21.7 Å². The van der Waals surface area contributed by atoms with Gasteiger partial charge in [-0.15, -0.1) is 0 Å². The lowest BCUT2D eigenvalue weighted by atomic mass is 10.1. The van der Waals surface area contributed by atoms with Crippen molar-refractivity contribution in [3.63, 3.8) is 0 Å². The van der Waals surface area contributed by atoms with E-state index in [0.717, 1.165) is 0 Å². The fourth-order valence-corrected chi connectivity index (χ4v) is 2.76. The minimum atomic E-state index is -3.92. The van der Waals surface area contributed by atoms with Gasteiger partial charge in [0.2, 0.25) is 15.9 Å². The van der Waals surface area contributed by atoms with Gasteiger partial charge in [-0.3, -0.25) is 9.59 Å². The maximum absolute atomic E-state index is 12.1. The molecule has 0 aliphatic carbocycles. The summed E-state index contributed by atoms with van der Waals surface area (Å²) >= 11 is 0. The molecule has 0 heterocycles. The highest BCUT2D eigenvalue weighted by molar-refractivity contribution is 7.89. The second kappa shape index (κ2) is 5.10. The third-order valence-corrected chi connectivity index (χ3v) is 4.21. The summed E-state index contributed by atoms with van der Waals surface area (Å²) < 4.78 is 26.4. The molecule has 19 heavy (non-hydrogen) atoms. The highest BCUT2D eigenvalue weighted by Crippen LogP contribution is 2.15. The molecule has 0 aliphatic rings. The van der Waals surface area contributed by atoms with Crippen molar-refractivity contribution < 1.29 is 18.0 Å². The molecule has 0 fully saturated rings. The van der Waals surface area contributed by atoms with Crippen molar-refractivity contribution in [2.45, 2.75) is 31.2 Å². The monoisotopic (exact) mass is 284 g/mol. The van der Waals surface area contributed by atoms with Gasteiger partial charge in [-0.25, -0.2) is 8.42 Å². The molecule has 0 aliphatic heterocycles. The zero-order valence-corrected chi connectivity index (χ0v) is 11.7. The van der Waals surface area contributed by atoms with Crippen LogP contribution >= 0.6 is 0 Å². The molecular formula is C12H16N2O4S. The predicted molar refractivity (Wildman–Crippen MR) is 70.0 cm³/mol. The van der Waals surface area contributed by atoms with Crippen LogP contribution in [0.4, 0.5) is 0 Å². The Morgan fingerprint density at radius 3 is 2.32 bits per heavy atom. The van der Waals surface area contributed by atoms with Gasteiger partial charge in [0.1, 0.15) is 5.54 Å². The quantitative estimate of drug-likeness (QED) is 0.765. The molecule has 1 amide bonds. The van der Waals surface area contributed by atoms with Crippen LogP contribution in [0.2, 0.25) is 0 Å². The van der Waals surface area contributed by atoms with Crippen LogP contribution < -0.4 is 10.5 Å². The fourth-order valence-electron chi connectivity index (χ4n) is 1.33. The smallest absolute Gasteiger partial charge is 0.241 e. The second-order valence-electron chi connectivity index (χ2n) is 4.68. The molecule has 0 atom stereocenters.